The lowest BCUT2D eigenvalue weighted by Crippen LogP contribution is -2.39. The molecule has 4 heteroatoms. The highest BCUT2D eigenvalue weighted by Gasteiger charge is 2.27. The van der Waals surface area contributed by atoms with E-state index in [9.17, 15) is 10.1 Å². The predicted molar refractivity (Wildman–Crippen MR) is 103 cm³/mol. The fourth-order valence-corrected chi connectivity index (χ4v) is 3.73. The summed E-state index contributed by atoms with van der Waals surface area (Å²) < 4.78 is 0. The molecule has 0 amide bonds. The lowest BCUT2D eigenvalue weighted by atomic mass is 9.90. The van der Waals surface area contributed by atoms with E-state index in [2.05, 4.69) is 28.1 Å². The second kappa shape index (κ2) is 8.14. The Morgan fingerprint density at radius 2 is 2.08 bits per heavy atom. The molecule has 3 rings (SSSR count). The van der Waals surface area contributed by atoms with Crippen LogP contribution in [0, 0.1) is 31.1 Å². The van der Waals surface area contributed by atoms with Crippen molar-refractivity contribution in [2.75, 3.05) is 18.0 Å². The van der Waals surface area contributed by atoms with Crippen molar-refractivity contribution in [2.45, 2.75) is 39.5 Å². The van der Waals surface area contributed by atoms with Crippen LogP contribution in [0.1, 0.15) is 41.6 Å². The Balaban J connectivity index is 1.70. The predicted octanol–water partition coefficient (Wildman–Crippen LogP) is 3.99. The number of rotatable bonds is 5. The lowest BCUT2D eigenvalue weighted by Gasteiger charge is -2.33. The van der Waals surface area contributed by atoms with Gasteiger partial charge in [-0.05, 0) is 50.3 Å². The number of aryl methyl sites for hydroxylation is 3. The summed E-state index contributed by atoms with van der Waals surface area (Å²) in [6, 6.07) is 14.4. The maximum atomic E-state index is 12.7. The molecule has 1 aliphatic rings. The Bertz CT molecular complexity index is 823. The third-order valence-corrected chi connectivity index (χ3v) is 5.12. The SMILES string of the molecule is Cc1cc(C)c(C#N)c(N2CCCC(C(=O)CCc3ccccc3)C2)n1. The Labute approximate surface area is 155 Å². The maximum Gasteiger partial charge on any atom is 0.147 e. The molecule has 4 nitrogen and oxygen atoms in total. The zero-order valence-corrected chi connectivity index (χ0v) is 15.5. The molecule has 26 heavy (non-hydrogen) atoms. The van der Waals surface area contributed by atoms with Crippen LogP contribution >= 0.6 is 0 Å². The van der Waals surface area contributed by atoms with Gasteiger partial charge in [0.25, 0.3) is 0 Å². The van der Waals surface area contributed by atoms with E-state index in [-0.39, 0.29) is 5.92 Å². The van der Waals surface area contributed by atoms with Gasteiger partial charge in [-0.15, -0.1) is 0 Å². The van der Waals surface area contributed by atoms with Gasteiger partial charge < -0.3 is 4.90 Å². The first-order valence-corrected chi connectivity index (χ1v) is 9.28. The van der Waals surface area contributed by atoms with Crippen molar-refractivity contribution < 1.29 is 4.79 Å². The molecule has 0 bridgehead atoms. The fourth-order valence-electron chi connectivity index (χ4n) is 3.73. The average Bonchev–Trinajstić information content (AvgIpc) is 2.66. The summed E-state index contributed by atoms with van der Waals surface area (Å²) in [5.74, 6) is 1.09. The monoisotopic (exact) mass is 347 g/mol. The molecule has 2 aromatic rings. The number of ketones is 1. The van der Waals surface area contributed by atoms with E-state index in [4.69, 9.17) is 0 Å². The molecular weight excluding hydrogens is 322 g/mol. The summed E-state index contributed by atoms with van der Waals surface area (Å²) in [7, 11) is 0. The normalized spacial score (nSPS) is 17.0. The fraction of sp³-hybridized carbons (Fsp3) is 0.409. The van der Waals surface area contributed by atoms with Crippen LogP contribution in [-0.4, -0.2) is 23.9 Å². The van der Waals surface area contributed by atoms with Crippen LogP contribution in [0.4, 0.5) is 5.82 Å². The smallest absolute Gasteiger partial charge is 0.147 e. The Morgan fingerprint density at radius 1 is 1.31 bits per heavy atom. The highest BCUT2D eigenvalue weighted by molar-refractivity contribution is 5.82. The molecule has 1 aliphatic heterocycles. The van der Waals surface area contributed by atoms with Gasteiger partial charge in [-0.2, -0.15) is 5.26 Å². The molecule has 0 aliphatic carbocycles. The van der Waals surface area contributed by atoms with Crippen molar-refractivity contribution in [1.29, 1.82) is 5.26 Å². The van der Waals surface area contributed by atoms with Crippen LogP contribution in [0.5, 0.6) is 0 Å². The van der Waals surface area contributed by atoms with Crippen molar-refractivity contribution in [3.63, 3.8) is 0 Å². The van der Waals surface area contributed by atoms with Crippen molar-refractivity contribution in [1.82, 2.24) is 4.98 Å². The molecule has 0 N–H and O–H groups in total. The number of nitriles is 1. The van der Waals surface area contributed by atoms with Crippen LogP contribution < -0.4 is 4.90 Å². The Kier molecular flexibility index (Phi) is 5.68. The van der Waals surface area contributed by atoms with Crippen LogP contribution in [0.2, 0.25) is 0 Å². The molecule has 2 heterocycles. The quantitative estimate of drug-likeness (QED) is 0.821. The van der Waals surface area contributed by atoms with Crippen molar-refractivity contribution in [2.24, 2.45) is 5.92 Å². The molecule has 0 saturated carbocycles. The molecule has 1 aromatic heterocycles. The van der Waals surface area contributed by atoms with Crippen LogP contribution in [0.15, 0.2) is 36.4 Å². The molecule has 1 saturated heterocycles. The van der Waals surface area contributed by atoms with Crippen LogP contribution in [-0.2, 0) is 11.2 Å². The number of piperidine rings is 1. The summed E-state index contributed by atoms with van der Waals surface area (Å²) >= 11 is 0. The van der Waals surface area contributed by atoms with Crippen LogP contribution in [0.3, 0.4) is 0 Å². The largest absolute Gasteiger partial charge is 0.355 e. The first-order valence-electron chi connectivity index (χ1n) is 9.28. The van der Waals surface area contributed by atoms with Crippen molar-refractivity contribution >= 4 is 11.6 Å². The summed E-state index contributed by atoms with van der Waals surface area (Å²) in [6.07, 6.45) is 3.26. The lowest BCUT2D eigenvalue weighted by molar-refractivity contribution is -0.123. The van der Waals surface area contributed by atoms with Gasteiger partial charge in [-0.3, -0.25) is 4.79 Å². The molecule has 134 valence electrons. The second-order valence-corrected chi connectivity index (χ2v) is 7.13. The number of carbonyl (C=O) groups excluding carboxylic acids is 1. The summed E-state index contributed by atoms with van der Waals surface area (Å²) in [5.41, 5.74) is 3.70. The van der Waals surface area contributed by atoms with E-state index in [0.29, 0.717) is 24.3 Å². The van der Waals surface area contributed by atoms with Crippen LogP contribution in [0.25, 0.3) is 0 Å². The van der Waals surface area contributed by atoms with E-state index in [0.717, 1.165) is 42.9 Å². The molecule has 0 spiro atoms. The summed E-state index contributed by atoms with van der Waals surface area (Å²) in [6.45, 7) is 5.42. The first-order chi connectivity index (χ1) is 12.6. The van der Waals surface area contributed by atoms with Gasteiger partial charge in [0.1, 0.15) is 17.7 Å². The second-order valence-electron chi connectivity index (χ2n) is 7.13. The number of pyridine rings is 1. The zero-order chi connectivity index (χ0) is 18.5. The van der Waals surface area contributed by atoms with Gasteiger partial charge in [0.05, 0.1) is 5.56 Å². The minimum Gasteiger partial charge on any atom is -0.355 e. The zero-order valence-electron chi connectivity index (χ0n) is 15.5. The molecular formula is C22H25N3O. The van der Waals surface area contributed by atoms with E-state index in [1.165, 1.54) is 5.56 Å². The third kappa shape index (κ3) is 4.11. The van der Waals surface area contributed by atoms with Gasteiger partial charge in [-0.1, -0.05) is 30.3 Å². The number of Topliss-reactive ketones (excluding diaryl/α,β-unsaturated/α-hetero) is 1. The maximum absolute atomic E-state index is 12.7. The number of aromatic nitrogens is 1. The minimum absolute atomic E-state index is 0.0293. The Hall–Kier alpha value is -2.67. The highest BCUT2D eigenvalue weighted by atomic mass is 16.1. The number of carbonyl (C=O) groups is 1. The minimum atomic E-state index is 0.0293. The molecule has 1 aromatic carbocycles. The number of hydrogen-bond donors (Lipinski definition) is 0. The third-order valence-electron chi connectivity index (χ3n) is 5.12. The molecule has 1 atom stereocenters. The van der Waals surface area contributed by atoms with Crippen molar-refractivity contribution in [3.05, 3.63) is 58.8 Å². The van der Waals surface area contributed by atoms with E-state index in [1.54, 1.807) is 0 Å². The van der Waals surface area contributed by atoms with E-state index < -0.39 is 0 Å². The summed E-state index contributed by atoms with van der Waals surface area (Å²) in [4.78, 5) is 19.5. The first kappa shape index (κ1) is 18.1. The molecule has 0 radical (unpaired) electrons. The standard InChI is InChI=1S/C22H25N3O/c1-16-13-17(2)24-22(20(16)14-23)25-12-6-9-19(15-25)21(26)11-10-18-7-4-3-5-8-18/h3-5,7-8,13,19H,6,9-12,15H2,1-2H3. The van der Waals surface area contributed by atoms with Gasteiger partial charge >= 0.3 is 0 Å². The topological polar surface area (TPSA) is 57.0 Å². The molecule has 1 fully saturated rings. The summed E-state index contributed by atoms with van der Waals surface area (Å²) in [5, 5.41) is 9.52. The highest BCUT2D eigenvalue weighted by Crippen LogP contribution is 2.28. The number of nitrogens with zero attached hydrogens (tertiary/aromatic N) is 3. The van der Waals surface area contributed by atoms with Gasteiger partial charge in [0, 0.05) is 31.1 Å². The van der Waals surface area contributed by atoms with E-state index >= 15 is 0 Å². The Morgan fingerprint density at radius 3 is 2.81 bits per heavy atom. The average molecular weight is 347 g/mol. The van der Waals surface area contributed by atoms with Crippen molar-refractivity contribution in [3.8, 4) is 6.07 Å². The number of hydrogen-bond acceptors (Lipinski definition) is 4. The van der Waals surface area contributed by atoms with E-state index in [1.807, 2.05) is 38.1 Å². The molecule has 1 unspecified atom stereocenters. The van der Waals surface area contributed by atoms with Gasteiger partial charge in [-0.25, -0.2) is 4.98 Å². The number of anilines is 1. The number of benzene rings is 1. The van der Waals surface area contributed by atoms with Gasteiger partial charge in [0.15, 0.2) is 0 Å². The van der Waals surface area contributed by atoms with Gasteiger partial charge in [0.2, 0.25) is 0 Å².